The van der Waals surface area contributed by atoms with Crippen molar-refractivity contribution in [3.8, 4) is 34.1 Å². The smallest absolute Gasteiger partial charge is 0.260 e. The van der Waals surface area contributed by atoms with Crippen molar-refractivity contribution in [1.82, 2.24) is 0 Å². The van der Waals surface area contributed by atoms with Crippen molar-refractivity contribution < 1.29 is 9.47 Å². The van der Waals surface area contributed by atoms with E-state index in [2.05, 4.69) is 206 Å². The number of benzene rings is 7. The molecule has 0 bridgehead atoms. The number of fused-ring (bicyclic) bond motifs is 4. The molecule has 254 valence electrons. The Bertz CT molecular complexity index is 2440. The zero-order valence-corrected chi connectivity index (χ0v) is 29.7. The highest BCUT2D eigenvalue weighted by molar-refractivity contribution is 6.98. The fourth-order valence-electron chi connectivity index (χ4n) is 7.64. The number of rotatable bonds is 8. The molecule has 0 radical (unpaired) electrons. The zero-order chi connectivity index (χ0) is 35.7. The molecule has 2 aliphatic heterocycles. The molecule has 7 aromatic rings. The van der Waals surface area contributed by atoms with E-state index in [1.54, 1.807) is 0 Å². The molecule has 9 rings (SSSR count). The van der Waals surface area contributed by atoms with Crippen LogP contribution in [0.5, 0.6) is 23.0 Å². The van der Waals surface area contributed by atoms with Crippen LogP contribution in [0.1, 0.15) is 13.8 Å². The van der Waals surface area contributed by atoms with Crippen LogP contribution >= 0.6 is 0 Å². The molecule has 5 heteroatoms. The lowest BCUT2D eigenvalue weighted by Crippen LogP contribution is -2.57. The van der Waals surface area contributed by atoms with Crippen molar-refractivity contribution in [2.75, 3.05) is 9.80 Å². The molecule has 53 heavy (non-hydrogen) atoms. The average Bonchev–Trinajstić information content (AvgIpc) is 3.22. The van der Waals surface area contributed by atoms with E-state index >= 15 is 0 Å². The Labute approximate surface area is 311 Å². The summed E-state index contributed by atoms with van der Waals surface area (Å²) < 4.78 is 13.9. The van der Waals surface area contributed by atoms with E-state index < -0.39 is 0 Å². The largest absolute Gasteiger partial charge is 0.458 e. The van der Waals surface area contributed by atoms with Gasteiger partial charge in [0.25, 0.3) is 6.71 Å². The van der Waals surface area contributed by atoms with Gasteiger partial charge in [-0.3, -0.25) is 0 Å². The van der Waals surface area contributed by atoms with Crippen molar-refractivity contribution >= 4 is 51.5 Å². The van der Waals surface area contributed by atoms with Gasteiger partial charge in [0, 0.05) is 51.7 Å². The summed E-state index contributed by atoms with van der Waals surface area (Å²) in [6, 6.07) is 59.5. The van der Waals surface area contributed by atoms with E-state index in [9.17, 15) is 0 Å². The lowest BCUT2D eigenvalue weighted by Gasteiger charge is -2.35. The van der Waals surface area contributed by atoms with Crippen LogP contribution in [0.25, 0.3) is 11.1 Å². The van der Waals surface area contributed by atoms with Crippen molar-refractivity contribution in [3.05, 3.63) is 194 Å². The van der Waals surface area contributed by atoms with Gasteiger partial charge < -0.3 is 19.3 Å². The molecule has 0 aromatic heterocycles. The average molecular weight is 685 g/mol. The number of anilines is 5. The van der Waals surface area contributed by atoms with Gasteiger partial charge in [-0.25, -0.2) is 0 Å². The standard InChI is InChI=1S/C48H37BN2O2/c1-3-17-36(4-2)50(37-20-11-6-12-21-37)40-26-28-42-44(32-40)52-46-30-35(34-18-9-5-10-19-34)31-47-48(46)49(42)43-29-27-41(33-45(43)53-47)51(38-22-13-7-14-23-38)39-24-15-8-16-25-39/h3-33H,1-2H3/b17-3-,36-4+. The number of hydrogen-bond donors (Lipinski definition) is 0. The molecule has 0 N–H and O–H groups in total. The third-order valence-electron chi connectivity index (χ3n) is 10.0. The highest BCUT2D eigenvalue weighted by Gasteiger charge is 2.41. The monoisotopic (exact) mass is 684 g/mol. The van der Waals surface area contributed by atoms with Crippen LogP contribution in [0, 0.1) is 0 Å². The van der Waals surface area contributed by atoms with Gasteiger partial charge in [0.2, 0.25) is 0 Å². The lowest BCUT2D eigenvalue weighted by atomic mass is 9.35. The molecule has 0 saturated carbocycles. The number of nitrogens with zero attached hydrogens (tertiary/aromatic N) is 2. The predicted molar refractivity (Wildman–Crippen MR) is 221 cm³/mol. The first-order valence-corrected chi connectivity index (χ1v) is 18.1. The summed E-state index contributed by atoms with van der Waals surface area (Å²) in [5.41, 5.74) is 11.8. The highest BCUT2D eigenvalue weighted by atomic mass is 16.5. The third kappa shape index (κ3) is 5.86. The fraction of sp³-hybridized carbons (Fsp3) is 0.0417. The van der Waals surface area contributed by atoms with Gasteiger partial charge in [0.05, 0.1) is 0 Å². The fourth-order valence-corrected chi connectivity index (χ4v) is 7.64. The van der Waals surface area contributed by atoms with Crippen LogP contribution in [-0.4, -0.2) is 6.71 Å². The van der Waals surface area contributed by atoms with Crippen molar-refractivity contribution in [3.63, 3.8) is 0 Å². The van der Waals surface area contributed by atoms with Gasteiger partial charge in [-0.2, -0.15) is 0 Å². The predicted octanol–water partition coefficient (Wildman–Crippen LogP) is 11.2. The normalized spacial score (nSPS) is 12.6. The van der Waals surface area contributed by atoms with E-state index in [1.165, 1.54) is 0 Å². The first kappa shape index (κ1) is 32.2. The summed E-state index contributed by atoms with van der Waals surface area (Å²) in [6.45, 7) is 4.05. The highest BCUT2D eigenvalue weighted by Crippen LogP contribution is 2.42. The second-order valence-electron chi connectivity index (χ2n) is 13.2. The molecule has 0 saturated heterocycles. The minimum absolute atomic E-state index is 0.0794. The van der Waals surface area contributed by atoms with Gasteiger partial charge in [0.15, 0.2) is 0 Å². The molecule has 0 aliphatic carbocycles. The topological polar surface area (TPSA) is 24.9 Å². The van der Waals surface area contributed by atoms with E-state index in [0.29, 0.717) is 0 Å². The molecule has 2 aliphatic rings. The maximum absolute atomic E-state index is 6.93. The quantitative estimate of drug-likeness (QED) is 0.118. The second-order valence-corrected chi connectivity index (χ2v) is 13.2. The molecule has 0 atom stereocenters. The summed E-state index contributed by atoms with van der Waals surface area (Å²) in [6.07, 6.45) is 6.36. The van der Waals surface area contributed by atoms with Crippen molar-refractivity contribution in [1.29, 1.82) is 0 Å². The number of para-hydroxylation sites is 3. The summed E-state index contributed by atoms with van der Waals surface area (Å²) in [7, 11) is 0. The summed E-state index contributed by atoms with van der Waals surface area (Å²) in [5.74, 6) is 3.29. The summed E-state index contributed by atoms with van der Waals surface area (Å²) in [5, 5.41) is 0. The summed E-state index contributed by atoms with van der Waals surface area (Å²) in [4.78, 5) is 4.55. The van der Waals surface area contributed by atoms with E-state index in [-0.39, 0.29) is 6.71 Å². The Morgan fingerprint density at radius 2 is 0.962 bits per heavy atom. The van der Waals surface area contributed by atoms with Crippen LogP contribution < -0.4 is 35.7 Å². The maximum atomic E-state index is 6.93. The number of allylic oxidation sites excluding steroid dienone is 3. The van der Waals surface area contributed by atoms with Crippen LogP contribution in [0.4, 0.5) is 28.4 Å². The third-order valence-corrected chi connectivity index (χ3v) is 10.0. The van der Waals surface area contributed by atoms with E-state index in [4.69, 9.17) is 9.47 Å². The van der Waals surface area contributed by atoms with Gasteiger partial charge in [-0.05, 0) is 103 Å². The van der Waals surface area contributed by atoms with Crippen molar-refractivity contribution in [2.45, 2.75) is 13.8 Å². The van der Waals surface area contributed by atoms with E-state index in [1.807, 2.05) is 6.07 Å². The molecular weight excluding hydrogens is 647 g/mol. The molecule has 7 aromatic carbocycles. The molecular formula is C48H37BN2O2. The summed E-state index contributed by atoms with van der Waals surface area (Å²) >= 11 is 0. The van der Waals surface area contributed by atoms with E-state index in [0.717, 1.165) is 84.6 Å². The van der Waals surface area contributed by atoms with Gasteiger partial charge in [-0.1, -0.05) is 109 Å². The van der Waals surface area contributed by atoms with Gasteiger partial charge >= 0.3 is 0 Å². The Hall–Kier alpha value is -6.72. The first-order valence-electron chi connectivity index (χ1n) is 18.1. The van der Waals surface area contributed by atoms with Crippen LogP contribution in [0.15, 0.2) is 194 Å². The Morgan fingerprint density at radius 3 is 1.49 bits per heavy atom. The lowest BCUT2D eigenvalue weighted by molar-refractivity contribution is 0.465. The minimum atomic E-state index is -0.0794. The van der Waals surface area contributed by atoms with Crippen LogP contribution in [-0.2, 0) is 0 Å². The minimum Gasteiger partial charge on any atom is -0.458 e. The molecule has 4 nitrogen and oxygen atoms in total. The van der Waals surface area contributed by atoms with Gasteiger partial charge in [0.1, 0.15) is 23.0 Å². The van der Waals surface area contributed by atoms with Crippen LogP contribution in [0.3, 0.4) is 0 Å². The van der Waals surface area contributed by atoms with Crippen LogP contribution in [0.2, 0.25) is 0 Å². The molecule has 0 fully saturated rings. The van der Waals surface area contributed by atoms with Gasteiger partial charge in [-0.15, -0.1) is 0 Å². The Morgan fingerprint density at radius 1 is 0.472 bits per heavy atom. The SMILES string of the molecule is C/C=C\C(=C/C)N(c1ccccc1)c1ccc2c(c1)Oc1cc(-c3ccccc3)cc3c1B2c1ccc(N(c2ccccc2)c2ccccc2)cc1O3. The molecule has 2 heterocycles. The Balaban J connectivity index is 1.22. The molecule has 0 unspecified atom stereocenters. The van der Waals surface area contributed by atoms with Crippen molar-refractivity contribution in [2.24, 2.45) is 0 Å². The second kappa shape index (κ2) is 13.8. The maximum Gasteiger partial charge on any atom is 0.260 e. The Kier molecular flexibility index (Phi) is 8.37. The number of ether oxygens (including phenoxy) is 2. The molecule has 0 spiro atoms. The number of hydrogen-bond acceptors (Lipinski definition) is 4. The zero-order valence-electron chi connectivity index (χ0n) is 29.7. The first-order chi connectivity index (χ1) is 26.2. The molecule has 0 amide bonds.